The molecule has 0 unspecified atom stereocenters. The summed E-state index contributed by atoms with van der Waals surface area (Å²) in [5, 5.41) is 0. The van der Waals surface area contributed by atoms with Crippen molar-refractivity contribution < 1.29 is 4.74 Å². The SMILES string of the molecule is Cl.Cl.NC(N)=NCCN1CCCOCC1. The summed E-state index contributed by atoms with van der Waals surface area (Å²) in [7, 11) is 0. The molecule has 0 aromatic carbocycles. The minimum absolute atomic E-state index is 0. The number of aliphatic imine (C=N–C) groups is 1. The zero-order valence-corrected chi connectivity index (χ0v) is 10.4. The van der Waals surface area contributed by atoms with Crippen LogP contribution in [0.5, 0.6) is 0 Å². The number of rotatable bonds is 3. The molecule has 92 valence electrons. The Morgan fingerprint density at radius 1 is 1.20 bits per heavy atom. The van der Waals surface area contributed by atoms with E-state index in [4.69, 9.17) is 16.2 Å². The van der Waals surface area contributed by atoms with E-state index in [2.05, 4.69) is 9.89 Å². The van der Waals surface area contributed by atoms with Gasteiger partial charge in [-0.15, -0.1) is 24.8 Å². The third kappa shape index (κ3) is 8.74. The zero-order chi connectivity index (χ0) is 9.52. The highest BCUT2D eigenvalue weighted by molar-refractivity contribution is 5.85. The van der Waals surface area contributed by atoms with E-state index in [9.17, 15) is 0 Å². The molecule has 0 saturated carbocycles. The maximum atomic E-state index is 5.33. The molecule has 0 aromatic heterocycles. The highest BCUT2D eigenvalue weighted by Gasteiger charge is 2.07. The van der Waals surface area contributed by atoms with Gasteiger partial charge in [-0.2, -0.15) is 0 Å². The van der Waals surface area contributed by atoms with Crippen molar-refractivity contribution in [3.8, 4) is 0 Å². The molecule has 0 amide bonds. The van der Waals surface area contributed by atoms with Gasteiger partial charge < -0.3 is 16.2 Å². The van der Waals surface area contributed by atoms with Gasteiger partial charge in [-0.05, 0) is 6.42 Å². The second kappa shape index (κ2) is 10.3. The lowest BCUT2D eigenvalue weighted by molar-refractivity contribution is 0.142. The largest absolute Gasteiger partial charge is 0.380 e. The normalized spacial score (nSPS) is 16.8. The van der Waals surface area contributed by atoms with Crippen molar-refractivity contribution in [2.24, 2.45) is 16.5 Å². The van der Waals surface area contributed by atoms with Gasteiger partial charge in [0.1, 0.15) is 0 Å². The lowest BCUT2D eigenvalue weighted by Crippen LogP contribution is -2.30. The van der Waals surface area contributed by atoms with E-state index < -0.39 is 0 Å². The molecule has 1 fully saturated rings. The lowest BCUT2D eigenvalue weighted by Gasteiger charge is -2.17. The number of nitrogens with zero attached hydrogens (tertiary/aromatic N) is 2. The van der Waals surface area contributed by atoms with Crippen molar-refractivity contribution >= 4 is 30.8 Å². The first-order chi connectivity index (χ1) is 6.29. The van der Waals surface area contributed by atoms with Crippen LogP contribution in [0.1, 0.15) is 6.42 Å². The Balaban J connectivity index is 0. The van der Waals surface area contributed by atoms with Crippen molar-refractivity contribution in [3.63, 3.8) is 0 Å². The predicted molar refractivity (Wildman–Crippen MR) is 67.0 cm³/mol. The topological polar surface area (TPSA) is 76.9 Å². The molecule has 0 aromatic rings. The number of hydrogen-bond donors (Lipinski definition) is 2. The highest BCUT2D eigenvalue weighted by Crippen LogP contribution is 1.97. The minimum Gasteiger partial charge on any atom is -0.380 e. The maximum Gasteiger partial charge on any atom is 0.185 e. The third-order valence-electron chi connectivity index (χ3n) is 2.03. The maximum absolute atomic E-state index is 5.33. The fourth-order valence-electron chi connectivity index (χ4n) is 1.34. The molecule has 1 heterocycles. The summed E-state index contributed by atoms with van der Waals surface area (Å²) in [6, 6.07) is 0. The molecule has 15 heavy (non-hydrogen) atoms. The number of ether oxygens (including phenoxy) is 1. The fraction of sp³-hybridized carbons (Fsp3) is 0.875. The third-order valence-corrected chi connectivity index (χ3v) is 2.03. The van der Waals surface area contributed by atoms with Gasteiger partial charge in [0.05, 0.1) is 13.2 Å². The molecule has 1 aliphatic heterocycles. The molecule has 5 nitrogen and oxygen atoms in total. The van der Waals surface area contributed by atoms with Gasteiger partial charge in [0.25, 0.3) is 0 Å². The Labute approximate surface area is 103 Å². The Hall–Kier alpha value is -0.230. The van der Waals surface area contributed by atoms with Gasteiger partial charge in [-0.3, -0.25) is 9.89 Å². The number of halogens is 2. The second-order valence-corrected chi connectivity index (χ2v) is 3.11. The summed E-state index contributed by atoms with van der Waals surface area (Å²) in [6.07, 6.45) is 1.10. The second-order valence-electron chi connectivity index (χ2n) is 3.11. The number of guanidine groups is 1. The minimum atomic E-state index is 0. The van der Waals surface area contributed by atoms with Gasteiger partial charge in [-0.1, -0.05) is 0 Å². The standard InChI is InChI=1S/C8H18N4O.2ClH/c9-8(10)11-2-4-12-3-1-6-13-7-5-12;;/h1-7H2,(H4,9,10,11);2*1H. The van der Waals surface area contributed by atoms with Crippen molar-refractivity contribution in [1.82, 2.24) is 4.90 Å². The predicted octanol–water partition coefficient (Wildman–Crippen LogP) is -0.174. The van der Waals surface area contributed by atoms with Crippen molar-refractivity contribution in [2.75, 3.05) is 39.4 Å². The summed E-state index contributed by atoms with van der Waals surface area (Å²) in [5.41, 5.74) is 10.4. The van der Waals surface area contributed by atoms with Crippen LogP contribution in [0, 0.1) is 0 Å². The van der Waals surface area contributed by atoms with Crippen molar-refractivity contribution in [3.05, 3.63) is 0 Å². The van der Waals surface area contributed by atoms with E-state index in [1.807, 2.05) is 0 Å². The lowest BCUT2D eigenvalue weighted by atomic mass is 10.4. The van der Waals surface area contributed by atoms with Crippen LogP contribution in [-0.2, 0) is 4.74 Å². The van der Waals surface area contributed by atoms with Gasteiger partial charge in [-0.25, -0.2) is 0 Å². The van der Waals surface area contributed by atoms with Crippen molar-refractivity contribution in [1.29, 1.82) is 0 Å². The van der Waals surface area contributed by atoms with Crippen LogP contribution in [0.3, 0.4) is 0 Å². The van der Waals surface area contributed by atoms with Crippen LogP contribution in [-0.4, -0.2) is 50.3 Å². The molecule has 0 bridgehead atoms. The van der Waals surface area contributed by atoms with Gasteiger partial charge in [0.15, 0.2) is 5.96 Å². The first-order valence-corrected chi connectivity index (χ1v) is 4.64. The summed E-state index contributed by atoms with van der Waals surface area (Å²) in [6.45, 7) is 5.37. The monoisotopic (exact) mass is 258 g/mol. The van der Waals surface area contributed by atoms with Crippen LogP contribution < -0.4 is 11.5 Å². The van der Waals surface area contributed by atoms with E-state index in [0.29, 0.717) is 6.54 Å². The molecular weight excluding hydrogens is 239 g/mol. The molecule has 1 aliphatic rings. The average molecular weight is 259 g/mol. The van der Waals surface area contributed by atoms with E-state index in [-0.39, 0.29) is 30.8 Å². The van der Waals surface area contributed by atoms with Crippen LogP contribution in [0.4, 0.5) is 0 Å². The summed E-state index contributed by atoms with van der Waals surface area (Å²) in [5.74, 6) is 0.172. The smallest absolute Gasteiger partial charge is 0.185 e. The van der Waals surface area contributed by atoms with Crippen LogP contribution in [0.15, 0.2) is 4.99 Å². The summed E-state index contributed by atoms with van der Waals surface area (Å²) >= 11 is 0. The number of nitrogens with two attached hydrogens (primary N) is 2. The Morgan fingerprint density at radius 2 is 1.93 bits per heavy atom. The van der Waals surface area contributed by atoms with Gasteiger partial charge in [0, 0.05) is 26.2 Å². The molecule has 0 aliphatic carbocycles. The van der Waals surface area contributed by atoms with E-state index in [1.165, 1.54) is 0 Å². The highest BCUT2D eigenvalue weighted by atomic mass is 35.5. The number of hydrogen-bond acceptors (Lipinski definition) is 3. The first kappa shape index (κ1) is 17.2. The van der Waals surface area contributed by atoms with Crippen LogP contribution >= 0.6 is 24.8 Å². The van der Waals surface area contributed by atoms with E-state index >= 15 is 0 Å². The zero-order valence-electron chi connectivity index (χ0n) is 8.72. The van der Waals surface area contributed by atoms with Crippen LogP contribution in [0.2, 0.25) is 0 Å². The van der Waals surface area contributed by atoms with Crippen LogP contribution in [0.25, 0.3) is 0 Å². The summed E-state index contributed by atoms with van der Waals surface area (Å²) in [4.78, 5) is 6.26. The molecule has 0 atom stereocenters. The Morgan fingerprint density at radius 3 is 2.60 bits per heavy atom. The van der Waals surface area contributed by atoms with E-state index in [1.54, 1.807) is 0 Å². The quantitative estimate of drug-likeness (QED) is 0.544. The molecule has 7 heteroatoms. The van der Waals surface area contributed by atoms with Gasteiger partial charge in [0.2, 0.25) is 0 Å². The van der Waals surface area contributed by atoms with Gasteiger partial charge >= 0.3 is 0 Å². The fourth-order valence-corrected chi connectivity index (χ4v) is 1.34. The van der Waals surface area contributed by atoms with Crippen molar-refractivity contribution in [2.45, 2.75) is 6.42 Å². The molecule has 4 N–H and O–H groups in total. The molecule has 0 radical (unpaired) electrons. The Bertz CT molecular complexity index is 168. The van der Waals surface area contributed by atoms with E-state index in [0.717, 1.165) is 39.3 Å². The summed E-state index contributed by atoms with van der Waals surface area (Å²) < 4.78 is 5.33. The Kier molecular flexibility index (Phi) is 11.8. The molecule has 1 rings (SSSR count). The molecular formula is C8H20Cl2N4O. The molecule has 0 spiro atoms. The average Bonchev–Trinajstić information content (AvgIpc) is 2.32. The first-order valence-electron chi connectivity index (χ1n) is 4.64. The molecule has 1 saturated heterocycles.